The van der Waals surface area contributed by atoms with E-state index in [1.165, 1.54) is 23.5 Å². The standard InChI is InChI=1S/C15H10N6O2S/c22-12-7-6-10(18-19-12)13(23)16-14-17-15-21(20-14)11(8-24-15)9-4-2-1-3-5-9/h1-8H,(H,19,22)(H,16,20,23). The van der Waals surface area contributed by atoms with Crippen molar-refractivity contribution in [1.29, 1.82) is 0 Å². The SMILES string of the molecule is O=C(Nc1nc2scc(-c3ccccc3)n2n1)c1ccc(=O)[nH]n1. The van der Waals surface area contributed by atoms with Crippen LogP contribution in [-0.2, 0) is 0 Å². The van der Waals surface area contributed by atoms with Gasteiger partial charge in [-0.2, -0.15) is 10.1 Å². The number of amides is 1. The Morgan fingerprint density at radius 2 is 2.00 bits per heavy atom. The summed E-state index contributed by atoms with van der Waals surface area (Å²) >= 11 is 1.43. The second-order valence-corrected chi connectivity index (χ2v) is 5.71. The minimum atomic E-state index is -0.495. The number of nitrogens with zero attached hydrogens (tertiary/aromatic N) is 4. The van der Waals surface area contributed by atoms with Crippen LogP contribution in [0.3, 0.4) is 0 Å². The molecule has 0 bridgehead atoms. The molecule has 0 aliphatic carbocycles. The maximum absolute atomic E-state index is 12.1. The first-order chi connectivity index (χ1) is 11.7. The average Bonchev–Trinajstić information content (AvgIpc) is 3.16. The number of H-pyrrole nitrogens is 1. The lowest BCUT2D eigenvalue weighted by atomic mass is 10.2. The first kappa shape index (κ1) is 14.3. The quantitative estimate of drug-likeness (QED) is 0.592. The number of benzene rings is 1. The first-order valence-corrected chi connectivity index (χ1v) is 7.85. The van der Waals surface area contributed by atoms with Crippen molar-refractivity contribution >= 4 is 28.2 Å². The van der Waals surface area contributed by atoms with Gasteiger partial charge in [0.25, 0.3) is 17.4 Å². The first-order valence-electron chi connectivity index (χ1n) is 6.97. The van der Waals surface area contributed by atoms with E-state index in [4.69, 9.17) is 0 Å². The van der Waals surface area contributed by atoms with E-state index in [0.717, 1.165) is 11.3 Å². The molecule has 9 heteroatoms. The Balaban J connectivity index is 1.64. The van der Waals surface area contributed by atoms with E-state index < -0.39 is 5.91 Å². The van der Waals surface area contributed by atoms with Crippen molar-refractivity contribution in [2.45, 2.75) is 0 Å². The van der Waals surface area contributed by atoms with Gasteiger partial charge in [-0.25, -0.2) is 9.61 Å². The van der Waals surface area contributed by atoms with Gasteiger partial charge in [0.15, 0.2) is 0 Å². The summed E-state index contributed by atoms with van der Waals surface area (Å²) in [5.41, 5.74) is 1.61. The molecular weight excluding hydrogens is 328 g/mol. The van der Waals surface area contributed by atoms with Gasteiger partial charge in [-0.3, -0.25) is 14.9 Å². The Kier molecular flexibility index (Phi) is 3.39. The molecule has 4 rings (SSSR count). The predicted octanol–water partition coefficient (Wildman–Crippen LogP) is 1.79. The smallest absolute Gasteiger partial charge is 0.278 e. The highest BCUT2D eigenvalue weighted by molar-refractivity contribution is 7.15. The molecule has 0 aliphatic heterocycles. The monoisotopic (exact) mass is 338 g/mol. The van der Waals surface area contributed by atoms with E-state index in [0.29, 0.717) is 4.96 Å². The van der Waals surface area contributed by atoms with E-state index in [2.05, 4.69) is 25.6 Å². The highest BCUT2D eigenvalue weighted by Gasteiger charge is 2.14. The molecule has 4 aromatic rings. The Morgan fingerprint density at radius 1 is 1.17 bits per heavy atom. The maximum atomic E-state index is 12.1. The minimum absolute atomic E-state index is 0.0797. The number of carbonyl (C=O) groups is 1. The summed E-state index contributed by atoms with van der Waals surface area (Å²) in [5.74, 6) is -0.317. The van der Waals surface area contributed by atoms with Crippen molar-refractivity contribution in [3.63, 3.8) is 0 Å². The third-order valence-corrected chi connectivity index (χ3v) is 4.10. The molecule has 0 saturated carbocycles. The van der Waals surface area contributed by atoms with Gasteiger partial charge in [-0.15, -0.1) is 16.4 Å². The van der Waals surface area contributed by atoms with Crippen LogP contribution in [0.25, 0.3) is 16.2 Å². The number of anilines is 1. The van der Waals surface area contributed by atoms with Gasteiger partial charge < -0.3 is 0 Å². The molecule has 0 spiro atoms. The van der Waals surface area contributed by atoms with E-state index in [9.17, 15) is 9.59 Å². The van der Waals surface area contributed by atoms with Gasteiger partial charge in [0.1, 0.15) is 5.69 Å². The number of hydrogen-bond acceptors (Lipinski definition) is 6. The van der Waals surface area contributed by atoms with Gasteiger partial charge in [-0.05, 0) is 6.07 Å². The lowest BCUT2D eigenvalue weighted by molar-refractivity contribution is 0.102. The number of aromatic amines is 1. The van der Waals surface area contributed by atoms with Gasteiger partial charge in [-0.1, -0.05) is 30.3 Å². The number of carbonyl (C=O) groups excluding carboxylic acids is 1. The summed E-state index contributed by atoms with van der Waals surface area (Å²) in [6.07, 6.45) is 0. The lowest BCUT2D eigenvalue weighted by Crippen LogP contribution is -2.18. The summed E-state index contributed by atoms with van der Waals surface area (Å²) in [5, 5.41) is 14.7. The largest absolute Gasteiger partial charge is 0.288 e. The fourth-order valence-electron chi connectivity index (χ4n) is 2.18. The molecule has 24 heavy (non-hydrogen) atoms. The fourth-order valence-corrected chi connectivity index (χ4v) is 3.01. The highest BCUT2D eigenvalue weighted by Crippen LogP contribution is 2.25. The average molecular weight is 338 g/mol. The van der Waals surface area contributed by atoms with Crippen LogP contribution in [-0.4, -0.2) is 30.7 Å². The van der Waals surface area contributed by atoms with Crippen LogP contribution in [0.2, 0.25) is 0 Å². The molecule has 0 unspecified atom stereocenters. The Morgan fingerprint density at radius 3 is 2.75 bits per heavy atom. The van der Waals surface area contributed by atoms with E-state index in [1.54, 1.807) is 4.52 Å². The molecule has 0 atom stereocenters. The van der Waals surface area contributed by atoms with Crippen molar-refractivity contribution in [2.24, 2.45) is 0 Å². The zero-order valence-corrected chi connectivity index (χ0v) is 12.9. The lowest BCUT2D eigenvalue weighted by Gasteiger charge is -1.99. The minimum Gasteiger partial charge on any atom is -0.288 e. The second-order valence-electron chi connectivity index (χ2n) is 4.88. The third kappa shape index (κ3) is 2.57. The van der Waals surface area contributed by atoms with Gasteiger partial charge in [0, 0.05) is 17.0 Å². The van der Waals surface area contributed by atoms with Gasteiger partial charge in [0.2, 0.25) is 4.96 Å². The van der Waals surface area contributed by atoms with Crippen LogP contribution < -0.4 is 10.9 Å². The molecule has 3 aromatic heterocycles. The molecule has 118 valence electrons. The van der Waals surface area contributed by atoms with E-state index in [1.807, 2.05) is 35.7 Å². The molecule has 8 nitrogen and oxygen atoms in total. The maximum Gasteiger partial charge on any atom is 0.278 e. The molecule has 1 amide bonds. The Hall–Kier alpha value is -3.33. The molecule has 1 aromatic carbocycles. The van der Waals surface area contributed by atoms with E-state index >= 15 is 0 Å². The van der Waals surface area contributed by atoms with Crippen molar-refractivity contribution < 1.29 is 4.79 Å². The summed E-state index contributed by atoms with van der Waals surface area (Å²) in [4.78, 5) is 28.0. The predicted molar refractivity (Wildman–Crippen MR) is 89.1 cm³/mol. The molecule has 2 N–H and O–H groups in total. The number of thiazole rings is 1. The van der Waals surface area contributed by atoms with Crippen molar-refractivity contribution in [3.8, 4) is 11.3 Å². The van der Waals surface area contributed by atoms with Gasteiger partial charge in [0.05, 0.1) is 5.69 Å². The van der Waals surface area contributed by atoms with Crippen LogP contribution >= 0.6 is 11.3 Å². The van der Waals surface area contributed by atoms with E-state index in [-0.39, 0.29) is 17.2 Å². The second kappa shape index (κ2) is 5.70. The summed E-state index contributed by atoms with van der Waals surface area (Å²) < 4.78 is 1.68. The summed E-state index contributed by atoms with van der Waals surface area (Å²) in [6, 6.07) is 12.4. The van der Waals surface area contributed by atoms with Crippen molar-refractivity contribution in [1.82, 2.24) is 24.8 Å². The number of aromatic nitrogens is 5. The van der Waals surface area contributed by atoms with Gasteiger partial charge >= 0.3 is 0 Å². The number of fused-ring (bicyclic) bond motifs is 1. The number of nitrogens with one attached hydrogen (secondary N) is 2. The molecule has 0 radical (unpaired) electrons. The molecule has 0 fully saturated rings. The number of rotatable bonds is 3. The summed E-state index contributed by atoms with van der Waals surface area (Å²) in [7, 11) is 0. The topological polar surface area (TPSA) is 105 Å². The normalized spacial score (nSPS) is 10.8. The van der Waals surface area contributed by atoms with Crippen LogP contribution in [0, 0.1) is 0 Å². The van der Waals surface area contributed by atoms with Crippen molar-refractivity contribution in [3.05, 3.63) is 63.9 Å². The Bertz CT molecular complexity index is 1060. The zero-order valence-electron chi connectivity index (χ0n) is 12.1. The van der Waals surface area contributed by atoms with Crippen molar-refractivity contribution in [2.75, 3.05) is 5.32 Å². The zero-order chi connectivity index (χ0) is 16.5. The fraction of sp³-hybridized carbons (Fsp3) is 0. The van der Waals surface area contributed by atoms with Crippen LogP contribution in [0.4, 0.5) is 5.95 Å². The molecule has 3 heterocycles. The number of hydrogen-bond donors (Lipinski definition) is 2. The highest BCUT2D eigenvalue weighted by atomic mass is 32.1. The molecule has 0 aliphatic rings. The third-order valence-electron chi connectivity index (χ3n) is 3.29. The van der Waals surface area contributed by atoms with Crippen LogP contribution in [0.15, 0.2) is 52.6 Å². The Labute approximate surface area is 138 Å². The molecule has 0 saturated heterocycles. The summed E-state index contributed by atoms with van der Waals surface area (Å²) in [6.45, 7) is 0. The molecular formula is C15H10N6O2S. The van der Waals surface area contributed by atoms with Crippen LogP contribution in [0.1, 0.15) is 10.5 Å². The van der Waals surface area contributed by atoms with Crippen LogP contribution in [0.5, 0.6) is 0 Å².